The van der Waals surface area contributed by atoms with E-state index in [0.717, 1.165) is 0 Å². The van der Waals surface area contributed by atoms with Gasteiger partial charge in [0.15, 0.2) is 49.9 Å². The molecule has 6 aliphatic rings. The minimum Gasteiger partial charge on any atom is -0.479 e. The van der Waals surface area contributed by atoms with Gasteiger partial charge in [0.1, 0.15) is 134 Å². The molecule has 75 heavy (non-hydrogen) atoms. The van der Waals surface area contributed by atoms with Gasteiger partial charge in [0.05, 0.1) is 26.4 Å². The van der Waals surface area contributed by atoms with Gasteiger partial charge in [-0.05, 0) is 25.8 Å². The van der Waals surface area contributed by atoms with E-state index in [1.807, 2.05) is 0 Å². The first-order valence-electron chi connectivity index (χ1n) is 23.8. The first-order valence-corrected chi connectivity index (χ1v) is 23.8. The number of carboxylic acids is 2. The van der Waals surface area contributed by atoms with Gasteiger partial charge >= 0.3 is 11.9 Å². The molecule has 0 aliphatic carbocycles. The molecular formula is C41H69NO33. The van der Waals surface area contributed by atoms with Gasteiger partial charge in [-0.25, -0.2) is 9.59 Å². The number of aliphatic carboxylic acids is 2. The van der Waals surface area contributed by atoms with Gasteiger partial charge in [-0.15, -0.1) is 0 Å². The number of carboxylic acid groups (broad SMARTS) is 2. The van der Waals surface area contributed by atoms with Crippen molar-refractivity contribution in [2.24, 2.45) is 5.73 Å². The Labute approximate surface area is 423 Å². The van der Waals surface area contributed by atoms with Crippen LogP contribution in [0.25, 0.3) is 0 Å². The number of hydrogen-bond donors (Lipinski definition) is 20. The SMILES string of the molecule is NCCCCCO[C@@H]1OC(CO)[C@@H](O[C@@H]2OC(C(=O)O)[C@@H](O[C@H]3OC(CO)[C@H](O[C@H]4OC(CO)[C@@H](O[C@@H]5OC(CO)[C@@H](O[C@@H]6OC(C(=O)O)[C@@H](O)C(O)[C@@H]6O)C(O)[C@@H]5O)[C@H](O)C4O)[C@H](O)C3O)C(O)[C@@H]2O)C(O)[C@@H]1O. The van der Waals surface area contributed by atoms with Crippen molar-refractivity contribution in [3.05, 3.63) is 0 Å². The van der Waals surface area contributed by atoms with E-state index in [2.05, 4.69) is 0 Å². The van der Waals surface area contributed by atoms with Gasteiger partial charge in [0, 0.05) is 6.61 Å². The van der Waals surface area contributed by atoms with Crippen molar-refractivity contribution in [1.82, 2.24) is 0 Å². The molecule has 21 N–H and O–H groups in total. The Balaban J connectivity index is 1.06. The van der Waals surface area contributed by atoms with Crippen molar-refractivity contribution in [3.8, 4) is 0 Å². The van der Waals surface area contributed by atoms with Crippen molar-refractivity contribution in [1.29, 1.82) is 0 Å². The second-order valence-electron chi connectivity index (χ2n) is 18.5. The minimum absolute atomic E-state index is 0.0777. The van der Waals surface area contributed by atoms with E-state index < -0.39 is 223 Å². The van der Waals surface area contributed by atoms with E-state index >= 15 is 0 Å². The van der Waals surface area contributed by atoms with Crippen molar-refractivity contribution >= 4 is 11.9 Å². The number of ether oxygens (including phenoxy) is 12. The third-order valence-electron chi connectivity index (χ3n) is 13.5. The van der Waals surface area contributed by atoms with E-state index in [-0.39, 0.29) is 6.61 Å². The molecule has 0 bridgehead atoms. The van der Waals surface area contributed by atoms with Crippen LogP contribution in [0.2, 0.25) is 0 Å². The highest BCUT2D eigenvalue weighted by Gasteiger charge is 2.58. The fraction of sp³-hybridized carbons (Fsp3) is 0.951. The van der Waals surface area contributed by atoms with E-state index in [4.69, 9.17) is 62.6 Å². The topological polar surface area (TPSA) is 555 Å². The molecule has 6 saturated heterocycles. The molecule has 6 heterocycles. The van der Waals surface area contributed by atoms with Crippen LogP contribution in [0, 0.1) is 0 Å². The lowest BCUT2D eigenvalue weighted by Crippen LogP contribution is -2.68. The Bertz CT molecular complexity index is 1770. The molecule has 0 spiro atoms. The van der Waals surface area contributed by atoms with Crippen LogP contribution in [0.1, 0.15) is 19.3 Å². The molecule has 0 aromatic rings. The molecule has 6 rings (SSSR count). The normalized spacial score (nSPS) is 48.8. The monoisotopic (exact) mass is 1100 g/mol. The Kier molecular flexibility index (Phi) is 22.5. The highest BCUT2D eigenvalue weighted by Crippen LogP contribution is 2.37. The highest BCUT2D eigenvalue weighted by atomic mass is 16.8. The summed E-state index contributed by atoms with van der Waals surface area (Å²) >= 11 is 0. The second-order valence-corrected chi connectivity index (χ2v) is 18.5. The summed E-state index contributed by atoms with van der Waals surface area (Å²) in [5, 5.41) is 201. The molecule has 34 heteroatoms. The Morgan fingerprint density at radius 3 is 0.987 bits per heavy atom. The van der Waals surface area contributed by atoms with Gasteiger partial charge in [-0.2, -0.15) is 0 Å². The number of carbonyl (C=O) groups is 2. The van der Waals surface area contributed by atoms with E-state index in [1.165, 1.54) is 0 Å². The predicted molar refractivity (Wildman–Crippen MR) is 227 cm³/mol. The molecule has 0 saturated carbocycles. The van der Waals surface area contributed by atoms with Crippen LogP contribution < -0.4 is 5.73 Å². The zero-order chi connectivity index (χ0) is 55.3. The number of aliphatic hydroxyl groups excluding tert-OH is 17. The van der Waals surface area contributed by atoms with Crippen molar-refractivity contribution in [3.63, 3.8) is 0 Å². The zero-order valence-corrected chi connectivity index (χ0v) is 39.5. The Morgan fingerprint density at radius 2 is 0.640 bits per heavy atom. The molecule has 0 aromatic heterocycles. The summed E-state index contributed by atoms with van der Waals surface area (Å²) in [5.41, 5.74) is 5.48. The van der Waals surface area contributed by atoms with Crippen molar-refractivity contribution < 1.29 is 163 Å². The number of rotatable bonds is 22. The molecule has 0 amide bonds. The summed E-state index contributed by atoms with van der Waals surface area (Å²) in [6.07, 6.45) is -58.9. The lowest BCUT2D eigenvalue weighted by Gasteiger charge is -2.49. The van der Waals surface area contributed by atoms with Crippen LogP contribution in [-0.4, -0.2) is 333 Å². The number of aliphatic hydroxyl groups is 17. The largest absolute Gasteiger partial charge is 0.479 e. The molecule has 34 nitrogen and oxygen atoms in total. The average Bonchev–Trinajstić information content (AvgIpc) is 3.38. The maximum atomic E-state index is 12.5. The van der Waals surface area contributed by atoms with E-state index in [0.29, 0.717) is 25.8 Å². The zero-order valence-electron chi connectivity index (χ0n) is 39.5. The molecule has 30 atom stereocenters. The van der Waals surface area contributed by atoms with Crippen LogP contribution >= 0.6 is 0 Å². The fourth-order valence-corrected chi connectivity index (χ4v) is 9.22. The third-order valence-corrected chi connectivity index (χ3v) is 13.5. The van der Waals surface area contributed by atoms with Crippen LogP contribution in [0.15, 0.2) is 0 Å². The summed E-state index contributed by atoms with van der Waals surface area (Å²) in [4.78, 5) is 24.1. The summed E-state index contributed by atoms with van der Waals surface area (Å²) in [5.74, 6) is -3.64. The van der Waals surface area contributed by atoms with Gasteiger partial charge in [0.2, 0.25) is 0 Å². The molecule has 12 unspecified atom stereocenters. The smallest absolute Gasteiger partial charge is 0.335 e. The van der Waals surface area contributed by atoms with E-state index in [9.17, 15) is 107 Å². The van der Waals surface area contributed by atoms with Crippen molar-refractivity contribution in [2.75, 3.05) is 39.6 Å². The summed E-state index contributed by atoms with van der Waals surface area (Å²) in [6.45, 7) is -3.56. The number of unbranched alkanes of at least 4 members (excludes halogenated alkanes) is 2. The first-order chi connectivity index (χ1) is 35.5. The molecule has 0 radical (unpaired) electrons. The predicted octanol–water partition coefficient (Wildman–Crippen LogP) is -12.8. The van der Waals surface area contributed by atoms with E-state index in [1.54, 1.807) is 0 Å². The van der Waals surface area contributed by atoms with Gasteiger partial charge in [0.25, 0.3) is 0 Å². The lowest BCUT2D eigenvalue weighted by atomic mass is 9.95. The summed E-state index contributed by atoms with van der Waals surface area (Å²) < 4.78 is 66.0. The molecule has 6 fully saturated rings. The van der Waals surface area contributed by atoms with Crippen molar-refractivity contribution in [2.45, 2.75) is 203 Å². The number of hydrogen-bond acceptors (Lipinski definition) is 32. The van der Waals surface area contributed by atoms with Crippen LogP contribution in [0.4, 0.5) is 0 Å². The Hall–Kier alpha value is -2.26. The molecular weight excluding hydrogens is 1030 g/mol. The fourth-order valence-electron chi connectivity index (χ4n) is 9.22. The quantitative estimate of drug-likeness (QED) is 0.0448. The Morgan fingerprint density at radius 1 is 0.347 bits per heavy atom. The number of nitrogens with two attached hydrogens (primary N) is 1. The summed E-state index contributed by atoms with van der Waals surface area (Å²) in [7, 11) is 0. The minimum atomic E-state index is -2.31. The third kappa shape index (κ3) is 13.5. The standard InChI is InChI=1S/C41H69NO33/c42-4-2-1-3-5-64-36-22(55)16(49)27(10(6-43)65-36)72-41-26(59)20(53)31(33(75-41)35(62)63)73-39-25(58)19(52)29(12(8-45)68-39)70-37-23(56)17(50)28(11(7-44)66-37)69-38-24(57)18(51)30(13(9-46)67-38)71-40-21(54)14(47)15(48)32(74-40)34(60)61/h10-33,36-41,43-59H,1-9,42H2,(H,60,61)(H,62,63)/t10?,11?,12?,13?,14?,15-,16?,17+,18?,19+,20?,21-,22-,23?,24-,25?,26-,27+,28+,29-,30+,31-,32?,33?,36+,37+,38-,39+,40+,41+/m0/s1. The maximum absolute atomic E-state index is 12.5. The van der Waals surface area contributed by atoms with Gasteiger partial charge < -0.3 is 160 Å². The second kappa shape index (κ2) is 27.3. The first kappa shape index (κ1) is 61.9. The van der Waals surface area contributed by atoms with Crippen LogP contribution in [0.3, 0.4) is 0 Å². The van der Waals surface area contributed by atoms with Crippen LogP contribution in [-0.2, 0) is 66.4 Å². The van der Waals surface area contributed by atoms with Gasteiger partial charge in [-0.3, -0.25) is 0 Å². The highest BCUT2D eigenvalue weighted by molar-refractivity contribution is 5.74. The maximum Gasteiger partial charge on any atom is 0.335 e. The lowest BCUT2D eigenvalue weighted by molar-refractivity contribution is -0.394. The molecule has 0 aromatic carbocycles. The average molecular weight is 1100 g/mol. The summed E-state index contributed by atoms with van der Waals surface area (Å²) in [6, 6.07) is 0. The van der Waals surface area contributed by atoms with Gasteiger partial charge in [-0.1, -0.05) is 0 Å². The molecule has 436 valence electrons. The van der Waals surface area contributed by atoms with Crippen LogP contribution in [0.5, 0.6) is 0 Å². The molecule has 6 aliphatic heterocycles.